The highest BCUT2D eigenvalue weighted by Crippen LogP contribution is 2.30. The highest BCUT2D eigenvalue weighted by atomic mass is 32.2. The quantitative estimate of drug-likeness (QED) is 0.587. The first kappa shape index (κ1) is 19.0. The molecule has 0 saturated heterocycles. The average molecular weight is 388 g/mol. The Hall–Kier alpha value is -2.80. The summed E-state index contributed by atoms with van der Waals surface area (Å²) in [5, 5.41) is 3.20. The number of anilines is 1. The lowest BCUT2D eigenvalue weighted by Crippen LogP contribution is -2.14. The molecule has 1 amide bonds. The summed E-state index contributed by atoms with van der Waals surface area (Å²) in [6.45, 7) is 0. The Kier molecular flexibility index (Phi) is 5.81. The van der Waals surface area contributed by atoms with Crippen LogP contribution in [-0.2, 0) is 11.0 Å². The van der Waals surface area contributed by atoms with Gasteiger partial charge in [0, 0.05) is 17.4 Å². The SMILES string of the molecule is O=C(CSc1ccc(C(F)(F)F)cn1)Nc1ccccc1-c1ccccc1. The molecule has 27 heavy (non-hydrogen) atoms. The minimum Gasteiger partial charge on any atom is -0.325 e. The average Bonchev–Trinajstić information content (AvgIpc) is 2.67. The Morgan fingerprint density at radius 2 is 1.67 bits per heavy atom. The minimum absolute atomic E-state index is 0.0431. The number of hydrogen-bond acceptors (Lipinski definition) is 3. The first-order valence-corrected chi connectivity index (χ1v) is 9.02. The molecule has 0 atom stereocenters. The van der Waals surface area contributed by atoms with Crippen LogP contribution in [0.15, 0.2) is 78.0 Å². The summed E-state index contributed by atoms with van der Waals surface area (Å²) < 4.78 is 37.6. The standard InChI is InChI=1S/C20H15F3N2OS/c21-20(22,23)15-10-11-19(24-12-15)27-13-18(26)25-17-9-5-4-8-16(17)14-6-2-1-3-7-14/h1-12H,13H2,(H,25,26). The number of pyridine rings is 1. The first-order chi connectivity index (χ1) is 12.9. The third-order valence-electron chi connectivity index (χ3n) is 3.70. The maximum atomic E-state index is 12.5. The number of carbonyl (C=O) groups is 1. The van der Waals surface area contributed by atoms with Crippen LogP contribution >= 0.6 is 11.8 Å². The summed E-state index contributed by atoms with van der Waals surface area (Å²) in [4.78, 5) is 16.0. The van der Waals surface area contributed by atoms with Crippen molar-refractivity contribution in [3.63, 3.8) is 0 Å². The fraction of sp³-hybridized carbons (Fsp3) is 0.100. The maximum absolute atomic E-state index is 12.5. The van der Waals surface area contributed by atoms with Gasteiger partial charge in [-0.25, -0.2) is 4.98 Å². The monoisotopic (exact) mass is 388 g/mol. The Morgan fingerprint density at radius 3 is 2.33 bits per heavy atom. The molecule has 138 valence electrons. The molecule has 1 aromatic heterocycles. The predicted molar refractivity (Wildman–Crippen MR) is 100 cm³/mol. The Morgan fingerprint density at radius 1 is 0.963 bits per heavy atom. The number of hydrogen-bond donors (Lipinski definition) is 1. The summed E-state index contributed by atoms with van der Waals surface area (Å²) in [7, 11) is 0. The molecular formula is C20H15F3N2OS. The van der Waals surface area contributed by atoms with E-state index in [0.29, 0.717) is 10.7 Å². The van der Waals surface area contributed by atoms with Crippen molar-refractivity contribution >= 4 is 23.4 Å². The van der Waals surface area contributed by atoms with Crippen LogP contribution in [0.25, 0.3) is 11.1 Å². The molecule has 2 aromatic carbocycles. The van der Waals surface area contributed by atoms with Crippen molar-refractivity contribution in [2.75, 3.05) is 11.1 Å². The van der Waals surface area contributed by atoms with Crippen LogP contribution in [0.3, 0.4) is 0 Å². The summed E-state index contributed by atoms with van der Waals surface area (Å²) in [6, 6.07) is 19.3. The van der Waals surface area contributed by atoms with Gasteiger partial charge in [-0.05, 0) is 23.8 Å². The third-order valence-corrected chi connectivity index (χ3v) is 4.64. The van der Waals surface area contributed by atoms with Crippen LogP contribution in [-0.4, -0.2) is 16.6 Å². The van der Waals surface area contributed by atoms with Crippen LogP contribution < -0.4 is 5.32 Å². The molecule has 7 heteroatoms. The summed E-state index contributed by atoms with van der Waals surface area (Å²) in [5.41, 5.74) is 1.73. The zero-order valence-electron chi connectivity index (χ0n) is 14.0. The first-order valence-electron chi connectivity index (χ1n) is 8.04. The second-order valence-corrected chi connectivity index (χ2v) is 6.63. The van der Waals surface area contributed by atoms with E-state index in [0.717, 1.165) is 35.2 Å². The number of benzene rings is 2. The van der Waals surface area contributed by atoms with E-state index in [4.69, 9.17) is 0 Å². The van der Waals surface area contributed by atoms with Gasteiger partial charge in [0.25, 0.3) is 0 Å². The lowest BCUT2D eigenvalue weighted by molar-refractivity contribution is -0.137. The maximum Gasteiger partial charge on any atom is 0.417 e. The molecule has 0 aliphatic heterocycles. The van der Waals surface area contributed by atoms with Gasteiger partial charge in [0.05, 0.1) is 16.3 Å². The molecule has 0 aliphatic rings. The molecule has 3 aromatic rings. The number of carbonyl (C=O) groups excluding carboxylic acids is 1. The van der Waals surface area contributed by atoms with Crippen LogP contribution in [0.2, 0.25) is 0 Å². The second-order valence-electron chi connectivity index (χ2n) is 5.63. The lowest BCUT2D eigenvalue weighted by atomic mass is 10.0. The number of nitrogens with zero attached hydrogens (tertiary/aromatic N) is 1. The van der Waals surface area contributed by atoms with Crippen molar-refractivity contribution < 1.29 is 18.0 Å². The number of aromatic nitrogens is 1. The van der Waals surface area contributed by atoms with E-state index < -0.39 is 11.7 Å². The Balaban J connectivity index is 1.64. The van der Waals surface area contributed by atoms with Gasteiger partial charge in [0.2, 0.25) is 5.91 Å². The number of thioether (sulfide) groups is 1. The molecule has 0 bridgehead atoms. The fourth-order valence-corrected chi connectivity index (χ4v) is 3.06. The van der Waals surface area contributed by atoms with Crippen molar-refractivity contribution in [1.82, 2.24) is 4.98 Å². The number of alkyl halides is 3. The molecule has 3 rings (SSSR count). The van der Waals surface area contributed by atoms with Crippen molar-refractivity contribution in [2.24, 2.45) is 0 Å². The fourth-order valence-electron chi connectivity index (χ4n) is 2.42. The number of nitrogens with one attached hydrogen (secondary N) is 1. The third kappa shape index (κ3) is 5.10. The molecular weight excluding hydrogens is 373 g/mol. The minimum atomic E-state index is -4.42. The van der Waals surface area contributed by atoms with E-state index >= 15 is 0 Å². The summed E-state index contributed by atoms with van der Waals surface area (Å²) >= 11 is 1.08. The predicted octanol–water partition coefficient (Wildman–Crippen LogP) is 5.50. The van der Waals surface area contributed by atoms with E-state index in [1.54, 1.807) is 6.07 Å². The summed E-state index contributed by atoms with van der Waals surface area (Å²) in [5.74, 6) is -0.216. The van der Waals surface area contributed by atoms with Gasteiger partial charge in [0.15, 0.2) is 0 Å². The van der Waals surface area contributed by atoms with Crippen LogP contribution in [0.5, 0.6) is 0 Å². The molecule has 3 nitrogen and oxygen atoms in total. The van der Waals surface area contributed by atoms with E-state index in [-0.39, 0.29) is 11.7 Å². The van der Waals surface area contributed by atoms with Gasteiger partial charge < -0.3 is 5.32 Å². The molecule has 0 radical (unpaired) electrons. The number of para-hydroxylation sites is 1. The topological polar surface area (TPSA) is 42.0 Å². The van der Waals surface area contributed by atoms with Crippen LogP contribution in [0, 0.1) is 0 Å². The largest absolute Gasteiger partial charge is 0.417 e. The lowest BCUT2D eigenvalue weighted by Gasteiger charge is -2.11. The van der Waals surface area contributed by atoms with Gasteiger partial charge in [-0.3, -0.25) is 4.79 Å². The molecule has 0 unspecified atom stereocenters. The molecule has 1 N–H and O–H groups in total. The van der Waals surface area contributed by atoms with Crippen molar-refractivity contribution in [3.8, 4) is 11.1 Å². The smallest absolute Gasteiger partial charge is 0.325 e. The zero-order chi connectivity index (χ0) is 19.3. The number of rotatable bonds is 5. The van der Waals surface area contributed by atoms with Gasteiger partial charge in [-0.1, -0.05) is 60.3 Å². The van der Waals surface area contributed by atoms with E-state index in [2.05, 4.69) is 10.3 Å². The molecule has 0 spiro atoms. The molecule has 0 aliphatic carbocycles. The van der Waals surface area contributed by atoms with E-state index in [9.17, 15) is 18.0 Å². The highest BCUT2D eigenvalue weighted by Gasteiger charge is 2.30. The number of amides is 1. The van der Waals surface area contributed by atoms with Crippen LogP contribution in [0.1, 0.15) is 5.56 Å². The number of halogens is 3. The molecule has 0 saturated carbocycles. The van der Waals surface area contributed by atoms with E-state index in [1.807, 2.05) is 48.5 Å². The Bertz CT molecular complexity index is 913. The molecule has 1 heterocycles. The summed E-state index contributed by atoms with van der Waals surface area (Å²) in [6.07, 6.45) is -3.65. The van der Waals surface area contributed by atoms with Gasteiger partial charge in [-0.2, -0.15) is 13.2 Å². The Labute approximate surface area is 158 Å². The van der Waals surface area contributed by atoms with Gasteiger partial charge in [0.1, 0.15) is 0 Å². The highest BCUT2D eigenvalue weighted by molar-refractivity contribution is 7.99. The van der Waals surface area contributed by atoms with Crippen molar-refractivity contribution in [3.05, 3.63) is 78.5 Å². The van der Waals surface area contributed by atoms with Gasteiger partial charge in [-0.15, -0.1) is 0 Å². The van der Waals surface area contributed by atoms with E-state index in [1.165, 1.54) is 6.07 Å². The molecule has 0 fully saturated rings. The van der Waals surface area contributed by atoms with Crippen molar-refractivity contribution in [2.45, 2.75) is 11.2 Å². The normalized spacial score (nSPS) is 11.2. The zero-order valence-corrected chi connectivity index (χ0v) is 14.8. The second kappa shape index (κ2) is 8.26. The van der Waals surface area contributed by atoms with Crippen molar-refractivity contribution in [1.29, 1.82) is 0 Å². The van der Waals surface area contributed by atoms with Gasteiger partial charge >= 0.3 is 6.18 Å². The van der Waals surface area contributed by atoms with Crippen LogP contribution in [0.4, 0.5) is 18.9 Å².